The van der Waals surface area contributed by atoms with Crippen molar-refractivity contribution in [3.63, 3.8) is 0 Å². The Kier molecular flexibility index (Phi) is 6.27. The van der Waals surface area contributed by atoms with Gasteiger partial charge in [0.05, 0.1) is 18.0 Å². The average molecular weight is 337 g/mol. The van der Waals surface area contributed by atoms with Crippen molar-refractivity contribution in [3.05, 3.63) is 23.8 Å². The van der Waals surface area contributed by atoms with E-state index in [0.29, 0.717) is 18.2 Å². The van der Waals surface area contributed by atoms with Gasteiger partial charge in [0, 0.05) is 12.6 Å². The number of hydrogen-bond acceptors (Lipinski definition) is 5. The lowest BCUT2D eigenvalue weighted by atomic mass is 9.93. The van der Waals surface area contributed by atoms with Gasteiger partial charge in [-0.25, -0.2) is 8.42 Å². The first-order valence-corrected chi connectivity index (χ1v) is 8.46. The number of phenolic OH excluding ortho intramolecular Hbond substituents is 1. The van der Waals surface area contributed by atoms with Gasteiger partial charge in [-0.3, -0.25) is 4.72 Å². The highest BCUT2D eigenvalue weighted by atomic mass is 35.5. The molecule has 0 heterocycles. The highest BCUT2D eigenvalue weighted by Crippen LogP contribution is 2.28. The number of benzene rings is 1. The monoisotopic (exact) mass is 336 g/mol. The van der Waals surface area contributed by atoms with E-state index in [1.807, 2.05) is 0 Å². The van der Waals surface area contributed by atoms with Gasteiger partial charge in [0.2, 0.25) is 10.0 Å². The molecule has 8 heteroatoms. The summed E-state index contributed by atoms with van der Waals surface area (Å²) in [7, 11) is -3.47. The zero-order valence-electron chi connectivity index (χ0n) is 11.7. The highest BCUT2D eigenvalue weighted by Gasteiger charge is 2.19. The molecule has 0 aromatic heterocycles. The first-order chi connectivity index (χ1) is 9.35. The summed E-state index contributed by atoms with van der Waals surface area (Å²) in [5.74, 6) is -0.168. The van der Waals surface area contributed by atoms with E-state index in [1.54, 1.807) is 6.07 Å². The number of aromatic hydroxyl groups is 1. The molecule has 1 saturated carbocycles. The minimum Gasteiger partial charge on any atom is -0.506 e. The van der Waals surface area contributed by atoms with E-state index in [2.05, 4.69) is 10.0 Å². The van der Waals surface area contributed by atoms with E-state index in [0.717, 1.165) is 19.1 Å². The second-order valence-corrected chi connectivity index (χ2v) is 6.95. The van der Waals surface area contributed by atoms with E-state index in [1.165, 1.54) is 18.6 Å². The quantitative estimate of drug-likeness (QED) is 0.588. The molecule has 0 spiro atoms. The van der Waals surface area contributed by atoms with Crippen LogP contribution in [0.25, 0.3) is 0 Å². The molecule has 0 saturated heterocycles. The molecule has 2 rings (SSSR count). The van der Waals surface area contributed by atoms with Gasteiger partial charge in [-0.05, 0) is 30.5 Å². The number of phenols is 1. The number of anilines is 1. The predicted octanol–water partition coefficient (Wildman–Crippen LogP) is 1.36. The predicted molar refractivity (Wildman–Crippen MR) is 84.4 cm³/mol. The molecule has 1 aromatic rings. The smallest absolute Gasteiger partial charge is 0.229 e. The van der Waals surface area contributed by atoms with E-state index < -0.39 is 16.1 Å². The third-order valence-corrected chi connectivity index (χ3v) is 4.00. The molecule has 6 nitrogen and oxygen atoms in total. The van der Waals surface area contributed by atoms with E-state index >= 15 is 0 Å². The molecule has 1 unspecified atom stereocenters. The third-order valence-electron chi connectivity index (χ3n) is 3.41. The van der Waals surface area contributed by atoms with Gasteiger partial charge in [-0.2, -0.15) is 0 Å². The van der Waals surface area contributed by atoms with Crippen molar-refractivity contribution in [2.45, 2.75) is 31.4 Å². The van der Waals surface area contributed by atoms with Crippen molar-refractivity contribution in [2.24, 2.45) is 0 Å². The molecule has 1 aliphatic carbocycles. The van der Waals surface area contributed by atoms with Crippen LogP contribution in [-0.2, 0) is 10.0 Å². The molecule has 120 valence electrons. The highest BCUT2D eigenvalue weighted by molar-refractivity contribution is 7.92. The lowest BCUT2D eigenvalue weighted by molar-refractivity contribution is 0.161. The SMILES string of the molecule is CS(=O)(=O)Nc1cc(C(O)CNC2CCC2)ccc1O.Cl. The van der Waals surface area contributed by atoms with Crippen LogP contribution in [0.4, 0.5) is 5.69 Å². The maximum absolute atomic E-state index is 11.2. The minimum atomic E-state index is -3.47. The van der Waals surface area contributed by atoms with Gasteiger partial charge < -0.3 is 15.5 Å². The largest absolute Gasteiger partial charge is 0.506 e. The second-order valence-electron chi connectivity index (χ2n) is 5.20. The van der Waals surface area contributed by atoms with Gasteiger partial charge in [-0.15, -0.1) is 12.4 Å². The van der Waals surface area contributed by atoms with Gasteiger partial charge in [0.25, 0.3) is 0 Å². The average Bonchev–Trinajstić information content (AvgIpc) is 2.28. The Bertz CT molecular complexity index is 576. The summed E-state index contributed by atoms with van der Waals surface area (Å²) in [6.07, 6.45) is 3.74. The third kappa shape index (κ3) is 5.35. The van der Waals surface area contributed by atoms with Crippen LogP contribution in [0.15, 0.2) is 18.2 Å². The fourth-order valence-electron chi connectivity index (χ4n) is 2.05. The summed E-state index contributed by atoms with van der Waals surface area (Å²) in [5, 5.41) is 23.0. The standard InChI is InChI=1S/C13H20N2O4S.ClH/c1-20(18,19)15-11-7-9(5-6-12(11)16)13(17)8-14-10-3-2-4-10;/h5-7,10,13-17H,2-4,8H2,1H3;1H. The van der Waals surface area contributed by atoms with Crippen molar-refractivity contribution >= 4 is 28.1 Å². The zero-order chi connectivity index (χ0) is 14.8. The summed E-state index contributed by atoms with van der Waals surface area (Å²) in [6, 6.07) is 4.87. The lowest BCUT2D eigenvalue weighted by Gasteiger charge is -2.27. The summed E-state index contributed by atoms with van der Waals surface area (Å²) in [4.78, 5) is 0. The topological polar surface area (TPSA) is 98.7 Å². The minimum absolute atomic E-state index is 0. The van der Waals surface area contributed by atoms with Crippen LogP contribution in [-0.4, -0.2) is 37.5 Å². The van der Waals surface area contributed by atoms with Gasteiger partial charge in [-0.1, -0.05) is 12.5 Å². The lowest BCUT2D eigenvalue weighted by Crippen LogP contribution is -2.37. The van der Waals surface area contributed by atoms with Crippen molar-refractivity contribution in [2.75, 3.05) is 17.5 Å². The molecule has 1 fully saturated rings. The summed E-state index contributed by atoms with van der Waals surface area (Å²) in [6.45, 7) is 0.410. The van der Waals surface area contributed by atoms with Gasteiger partial charge in [0.1, 0.15) is 5.75 Å². The maximum atomic E-state index is 11.2. The van der Waals surface area contributed by atoms with Gasteiger partial charge >= 0.3 is 0 Å². The Hall–Kier alpha value is -1.02. The molecule has 1 atom stereocenters. The van der Waals surface area contributed by atoms with Crippen LogP contribution < -0.4 is 10.0 Å². The fourth-order valence-corrected chi connectivity index (χ4v) is 2.61. The normalized spacial score (nSPS) is 16.7. The van der Waals surface area contributed by atoms with Crippen molar-refractivity contribution in [3.8, 4) is 5.75 Å². The summed E-state index contributed by atoms with van der Waals surface area (Å²) in [5.41, 5.74) is 0.633. The summed E-state index contributed by atoms with van der Waals surface area (Å²) < 4.78 is 24.6. The molecular formula is C13H21ClN2O4S. The Morgan fingerprint density at radius 2 is 2.05 bits per heavy atom. The van der Waals surface area contributed by atoms with Crippen molar-refractivity contribution in [1.29, 1.82) is 0 Å². The number of halogens is 1. The van der Waals surface area contributed by atoms with Crippen LogP contribution in [0.3, 0.4) is 0 Å². The van der Waals surface area contributed by atoms with Crippen molar-refractivity contribution < 1.29 is 18.6 Å². The van der Waals surface area contributed by atoms with Crippen LogP contribution in [0.5, 0.6) is 5.75 Å². The Labute approximate surface area is 131 Å². The molecule has 21 heavy (non-hydrogen) atoms. The molecule has 0 bridgehead atoms. The summed E-state index contributed by atoms with van der Waals surface area (Å²) >= 11 is 0. The molecule has 1 aromatic carbocycles. The van der Waals surface area contributed by atoms with Crippen molar-refractivity contribution in [1.82, 2.24) is 5.32 Å². The fraction of sp³-hybridized carbons (Fsp3) is 0.538. The maximum Gasteiger partial charge on any atom is 0.229 e. The van der Waals surface area contributed by atoms with Crippen LogP contribution in [0.1, 0.15) is 30.9 Å². The van der Waals surface area contributed by atoms with Crippen LogP contribution >= 0.6 is 12.4 Å². The zero-order valence-corrected chi connectivity index (χ0v) is 13.4. The molecule has 4 N–H and O–H groups in total. The number of nitrogens with one attached hydrogen (secondary N) is 2. The van der Waals surface area contributed by atoms with Gasteiger partial charge in [0.15, 0.2) is 0 Å². The number of aliphatic hydroxyl groups is 1. The second kappa shape index (κ2) is 7.31. The van der Waals surface area contributed by atoms with E-state index in [9.17, 15) is 18.6 Å². The molecule has 0 aliphatic heterocycles. The Balaban J connectivity index is 0.00000220. The Morgan fingerprint density at radius 3 is 2.57 bits per heavy atom. The van der Waals surface area contributed by atoms with E-state index in [-0.39, 0.29) is 23.8 Å². The molecular weight excluding hydrogens is 316 g/mol. The number of hydrogen-bond donors (Lipinski definition) is 4. The molecule has 1 aliphatic rings. The first-order valence-electron chi connectivity index (χ1n) is 6.57. The van der Waals surface area contributed by atoms with E-state index in [4.69, 9.17) is 0 Å². The number of rotatable bonds is 6. The number of aliphatic hydroxyl groups excluding tert-OH is 1. The van der Waals surface area contributed by atoms with Crippen LogP contribution in [0.2, 0.25) is 0 Å². The first kappa shape index (κ1) is 18.0. The molecule has 0 radical (unpaired) electrons. The van der Waals surface area contributed by atoms with Crippen LogP contribution in [0, 0.1) is 0 Å². The Morgan fingerprint density at radius 1 is 1.38 bits per heavy atom. The molecule has 0 amide bonds. The number of sulfonamides is 1.